The maximum atomic E-state index is 12.1. The van der Waals surface area contributed by atoms with E-state index in [4.69, 9.17) is 5.41 Å². The summed E-state index contributed by atoms with van der Waals surface area (Å²) in [5.41, 5.74) is 0. The van der Waals surface area contributed by atoms with E-state index in [-0.39, 0.29) is 5.84 Å². The lowest BCUT2D eigenvalue weighted by Crippen LogP contribution is -2.10. The molecule has 0 amide bonds. The van der Waals surface area contributed by atoms with Crippen LogP contribution in [0.4, 0.5) is 4.39 Å². The molecule has 41 valence electrons. The molecule has 0 bridgehead atoms. The summed E-state index contributed by atoms with van der Waals surface area (Å²) in [4.78, 5) is 0. The fourth-order valence-corrected chi connectivity index (χ4v) is 0.386. The summed E-state index contributed by atoms with van der Waals surface area (Å²) in [6, 6.07) is 0. The Hall–Kier alpha value is -1.12. The molecule has 0 saturated heterocycles. The summed E-state index contributed by atoms with van der Waals surface area (Å²) in [5, 5.41) is 10.1. The standard InChI is InChI=1S/C5H4FN2/c6-4-2-1-3-8-5(4)7/h1-3,7H. The lowest BCUT2D eigenvalue weighted by Gasteiger charge is -1.98. The van der Waals surface area contributed by atoms with Gasteiger partial charge in [-0.05, 0) is 12.2 Å². The first kappa shape index (κ1) is 5.03. The molecule has 1 rings (SSSR count). The number of hydrogen-bond donors (Lipinski definition) is 1. The molecule has 8 heavy (non-hydrogen) atoms. The van der Waals surface area contributed by atoms with Crippen molar-refractivity contribution in [2.24, 2.45) is 0 Å². The van der Waals surface area contributed by atoms with E-state index in [1.807, 2.05) is 0 Å². The van der Waals surface area contributed by atoms with Gasteiger partial charge in [-0.3, -0.25) is 5.41 Å². The third-order valence-electron chi connectivity index (χ3n) is 0.758. The molecule has 2 nitrogen and oxygen atoms in total. The Bertz CT molecular complexity index is 169. The van der Waals surface area contributed by atoms with Crippen molar-refractivity contribution in [3.05, 3.63) is 24.2 Å². The molecule has 1 aliphatic rings. The average molecular weight is 111 g/mol. The molecule has 0 unspecified atom stereocenters. The number of nitrogens with zero attached hydrogens (tertiary/aromatic N) is 1. The molecule has 0 aromatic rings. The van der Waals surface area contributed by atoms with E-state index >= 15 is 0 Å². The quantitative estimate of drug-likeness (QED) is 0.483. The van der Waals surface area contributed by atoms with Crippen LogP contribution in [-0.4, -0.2) is 5.84 Å². The van der Waals surface area contributed by atoms with Crippen LogP contribution in [0.5, 0.6) is 0 Å². The molecule has 0 atom stereocenters. The van der Waals surface area contributed by atoms with Gasteiger partial charge in [0.2, 0.25) is 0 Å². The van der Waals surface area contributed by atoms with Crippen molar-refractivity contribution in [1.82, 2.24) is 5.32 Å². The second-order valence-electron chi connectivity index (χ2n) is 1.33. The van der Waals surface area contributed by atoms with Gasteiger partial charge >= 0.3 is 0 Å². The topological polar surface area (TPSA) is 38.0 Å². The van der Waals surface area contributed by atoms with Crippen LogP contribution in [0, 0.1) is 5.41 Å². The van der Waals surface area contributed by atoms with Crippen LogP contribution in [0.1, 0.15) is 0 Å². The van der Waals surface area contributed by atoms with Crippen molar-refractivity contribution in [1.29, 1.82) is 5.41 Å². The van der Waals surface area contributed by atoms with Gasteiger partial charge in [0.25, 0.3) is 0 Å². The lowest BCUT2D eigenvalue weighted by atomic mass is 10.3. The van der Waals surface area contributed by atoms with Gasteiger partial charge in [0.05, 0.1) is 0 Å². The Morgan fingerprint density at radius 2 is 2.38 bits per heavy atom. The zero-order valence-corrected chi connectivity index (χ0v) is 4.06. The van der Waals surface area contributed by atoms with Crippen molar-refractivity contribution in [2.45, 2.75) is 0 Å². The van der Waals surface area contributed by atoms with E-state index in [9.17, 15) is 4.39 Å². The van der Waals surface area contributed by atoms with E-state index in [0.717, 1.165) is 0 Å². The summed E-state index contributed by atoms with van der Waals surface area (Å²) >= 11 is 0. The van der Waals surface area contributed by atoms with E-state index in [0.29, 0.717) is 0 Å². The Labute approximate surface area is 46.2 Å². The normalized spacial score (nSPS) is 17.6. The van der Waals surface area contributed by atoms with Crippen LogP contribution in [0.25, 0.3) is 0 Å². The second kappa shape index (κ2) is 1.78. The minimum absolute atomic E-state index is 0.299. The Balaban J connectivity index is 2.80. The molecule has 1 radical (unpaired) electrons. The first-order valence-corrected chi connectivity index (χ1v) is 2.13. The molecule has 0 aromatic heterocycles. The van der Waals surface area contributed by atoms with E-state index in [1.54, 1.807) is 0 Å². The number of hydrogen-bond acceptors (Lipinski definition) is 1. The summed E-state index contributed by atoms with van der Waals surface area (Å²) in [6.07, 6.45) is 4.04. The summed E-state index contributed by atoms with van der Waals surface area (Å²) < 4.78 is 12.1. The van der Waals surface area contributed by atoms with Gasteiger partial charge in [0.15, 0.2) is 11.7 Å². The SMILES string of the molecule is N=C1[N]C=CC=C1F. The predicted octanol–water partition coefficient (Wildman–Crippen LogP) is 0.949. The van der Waals surface area contributed by atoms with Gasteiger partial charge in [-0.25, -0.2) is 9.71 Å². The molecule has 1 aliphatic heterocycles. The molecule has 1 N–H and O–H groups in total. The fraction of sp³-hybridized carbons (Fsp3) is 0. The maximum absolute atomic E-state index is 12.1. The number of nitrogens with one attached hydrogen (secondary N) is 1. The van der Waals surface area contributed by atoms with Gasteiger partial charge in [0, 0.05) is 6.20 Å². The summed E-state index contributed by atoms with van der Waals surface area (Å²) in [7, 11) is 0. The van der Waals surface area contributed by atoms with Gasteiger partial charge in [-0.15, -0.1) is 0 Å². The van der Waals surface area contributed by atoms with Crippen molar-refractivity contribution < 1.29 is 4.39 Å². The monoisotopic (exact) mass is 111 g/mol. The summed E-state index contributed by atoms with van der Waals surface area (Å²) in [6.45, 7) is 0. The zero-order chi connectivity index (χ0) is 5.98. The molecule has 0 spiro atoms. The Kier molecular flexibility index (Phi) is 1.12. The van der Waals surface area contributed by atoms with Crippen molar-refractivity contribution in [3.8, 4) is 0 Å². The van der Waals surface area contributed by atoms with Crippen LogP contribution in [0.2, 0.25) is 0 Å². The smallest absolute Gasteiger partial charge is 0.181 e. The second-order valence-corrected chi connectivity index (χ2v) is 1.33. The van der Waals surface area contributed by atoms with Crippen LogP contribution in [0.3, 0.4) is 0 Å². The number of rotatable bonds is 0. The first-order chi connectivity index (χ1) is 3.80. The molecule has 0 fully saturated rings. The molecule has 0 aliphatic carbocycles. The van der Waals surface area contributed by atoms with Gasteiger partial charge in [0.1, 0.15) is 0 Å². The maximum Gasteiger partial charge on any atom is 0.181 e. The third-order valence-corrected chi connectivity index (χ3v) is 0.758. The van der Waals surface area contributed by atoms with Gasteiger partial charge in [-0.2, -0.15) is 0 Å². The zero-order valence-electron chi connectivity index (χ0n) is 4.06. The molecular weight excluding hydrogens is 107 g/mol. The lowest BCUT2D eigenvalue weighted by molar-refractivity contribution is 0.670. The predicted molar refractivity (Wildman–Crippen MR) is 28.2 cm³/mol. The third kappa shape index (κ3) is 0.753. The number of allylic oxidation sites excluding steroid dienone is 2. The average Bonchev–Trinajstić information content (AvgIpc) is 1.77. The number of halogens is 1. The highest BCUT2D eigenvalue weighted by Crippen LogP contribution is 2.01. The van der Waals surface area contributed by atoms with Gasteiger partial charge in [-0.1, -0.05) is 0 Å². The van der Waals surface area contributed by atoms with Crippen molar-refractivity contribution >= 4 is 5.84 Å². The van der Waals surface area contributed by atoms with E-state index in [1.165, 1.54) is 18.4 Å². The number of amidine groups is 1. The minimum atomic E-state index is -0.576. The highest BCUT2D eigenvalue weighted by molar-refractivity contribution is 5.95. The van der Waals surface area contributed by atoms with Crippen molar-refractivity contribution in [3.63, 3.8) is 0 Å². The molecule has 1 heterocycles. The van der Waals surface area contributed by atoms with Gasteiger partial charge < -0.3 is 0 Å². The van der Waals surface area contributed by atoms with Crippen molar-refractivity contribution in [2.75, 3.05) is 0 Å². The largest absolute Gasteiger partial charge is 0.280 e. The molecular formula is C5H4FN2. The van der Waals surface area contributed by atoms with Crippen LogP contribution < -0.4 is 5.32 Å². The van der Waals surface area contributed by atoms with E-state index in [2.05, 4.69) is 5.32 Å². The Morgan fingerprint density at radius 3 is 2.75 bits per heavy atom. The molecule has 0 aromatic carbocycles. The minimum Gasteiger partial charge on any atom is -0.280 e. The first-order valence-electron chi connectivity index (χ1n) is 2.13. The fourth-order valence-electron chi connectivity index (χ4n) is 0.386. The molecule has 3 heteroatoms. The van der Waals surface area contributed by atoms with Crippen LogP contribution >= 0.6 is 0 Å². The van der Waals surface area contributed by atoms with E-state index < -0.39 is 5.83 Å². The Morgan fingerprint density at radius 1 is 1.62 bits per heavy atom. The molecule has 0 saturated carbocycles. The highest BCUT2D eigenvalue weighted by Gasteiger charge is 2.03. The summed E-state index contributed by atoms with van der Waals surface area (Å²) in [5.74, 6) is -0.875. The van der Waals surface area contributed by atoms with Crippen LogP contribution in [-0.2, 0) is 0 Å². The highest BCUT2D eigenvalue weighted by atomic mass is 19.1. The van der Waals surface area contributed by atoms with Crippen LogP contribution in [0.15, 0.2) is 24.2 Å².